The van der Waals surface area contributed by atoms with Gasteiger partial charge in [-0.2, -0.15) is 0 Å². The Morgan fingerprint density at radius 2 is 2.10 bits per heavy atom. The number of aliphatic hydroxyl groups is 1. The van der Waals surface area contributed by atoms with Gasteiger partial charge in [0.25, 0.3) is 5.91 Å². The number of aryl methyl sites for hydroxylation is 1. The van der Waals surface area contributed by atoms with Gasteiger partial charge in [0.1, 0.15) is 5.75 Å². The van der Waals surface area contributed by atoms with E-state index < -0.39 is 0 Å². The molecule has 1 aliphatic carbocycles. The largest absolute Gasteiger partial charge is 0.483 e. The maximum absolute atomic E-state index is 12.0. The van der Waals surface area contributed by atoms with E-state index in [2.05, 4.69) is 21.2 Å². The van der Waals surface area contributed by atoms with Crippen molar-refractivity contribution >= 4 is 21.8 Å². The van der Waals surface area contributed by atoms with Gasteiger partial charge in [0.15, 0.2) is 6.61 Å². The van der Waals surface area contributed by atoms with E-state index in [0.717, 1.165) is 22.9 Å². The molecule has 0 saturated heterocycles. The van der Waals surface area contributed by atoms with Crippen LogP contribution in [0.5, 0.6) is 5.75 Å². The van der Waals surface area contributed by atoms with Gasteiger partial charge in [0.2, 0.25) is 0 Å². The number of hydrogen-bond acceptors (Lipinski definition) is 3. The molecule has 0 aliphatic heterocycles. The van der Waals surface area contributed by atoms with Crippen molar-refractivity contribution in [3.63, 3.8) is 0 Å². The SMILES string of the molecule is Cc1cc(Br)cc(CO)c1OCC(=O)NC1CCCCC1. The van der Waals surface area contributed by atoms with E-state index in [-0.39, 0.29) is 25.2 Å². The van der Waals surface area contributed by atoms with Crippen LogP contribution in [0.3, 0.4) is 0 Å². The van der Waals surface area contributed by atoms with Gasteiger partial charge < -0.3 is 15.2 Å². The zero-order chi connectivity index (χ0) is 15.2. The Hall–Kier alpha value is -1.07. The predicted molar refractivity (Wildman–Crippen MR) is 85.3 cm³/mol. The lowest BCUT2D eigenvalue weighted by atomic mass is 9.95. The second-order valence-corrected chi connectivity index (χ2v) is 6.48. The number of rotatable bonds is 5. The molecule has 1 aromatic rings. The smallest absolute Gasteiger partial charge is 0.258 e. The number of benzene rings is 1. The molecular weight excluding hydrogens is 334 g/mol. The molecule has 116 valence electrons. The van der Waals surface area contributed by atoms with Gasteiger partial charge in [-0.3, -0.25) is 4.79 Å². The molecule has 4 nitrogen and oxygen atoms in total. The summed E-state index contributed by atoms with van der Waals surface area (Å²) in [6, 6.07) is 4.01. The van der Waals surface area contributed by atoms with E-state index in [9.17, 15) is 9.90 Å². The van der Waals surface area contributed by atoms with Crippen LogP contribution in [0.15, 0.2) is 16.6 Å². The van der Waals surface area contributed by atoms with Crippen LogP contribution in [0.25, 0.3) is 0 Å². The van der Waals surface area contributed by atoms with Crippen molar-refractivity contribution in [3.05, 3.63) is 27.7 Å². The highest BCUT2D eigenvalue weighted by atomic mass is 79.9. The molecule has 1 aromatic carbocycles. The maximum atomic E-state index is 12.0. The second kappa shape index (κ2) is 7.80. The van der Waals surface area contributed by atoms with Crippen LogP contribution in [0.4, 0.5) is 0 Å². The monoisotopic (exact) mass is 355 g/mol. The summed E-state index contributed by atoms with van der Waals surface area (Å²) >= 11 is 3.39. The number of nitrogens with one attached hydrogen (secondary N) is 1. The summed E-state index contributed by atoms with van der Waals surface area (Å²) in [6.45, 7) is 1.78. The average Bonchev–Trinajstić information content (AvgIpc) is 2.46. The second-order valence-electron chi connectivity index (χ2n) is 5.56. The summed E-state index contributed by atoms with van der Waals surface area (Å²) in [5.74, 6) is 0.507. The van der Waals surface area contributed by atoms with Crippen molar-refractivity contribution in [2.24, 2.45) is 0 Å². The van der Waals surface area contributed by atoms with Gasteiger partial charge in [0.05, 0.1) is 6.61 Å². The molecule has 0 radical (unpaired) electrons. The van der Waals surface area contributed by atoms with Crippen molar-refractivity contribution < 1.29 is 14.6 Å². The quantitative estimate of drug-likeness (QED) is 0.853. The Balaban J connectivity index is 1.91. The fourth-order valence-electron chi connectivity index (χ4n) is 2.78. The predicted octanol–water partition coefficient (Wildman–Crippen LogP) is 3.08. The molecular formula is C16H22BrNO3. The summed E-state index contributed by atoms with van der Waals surface area (Å²) in [5, 5.41) is 12.4. The molecule has 1 aliphatic rings. The van der Waals surface area contributed by atoms with Crippen molar-refractivity contribution in [1.29, 1.82) is 0 Å². The lowest BCUT2D eigenvalue weighted by molar-refractivity contribution is -0.124. The fraction of sp³-hybridized carbons (Fsp3) is 0.562. The number of ether oxygens (including phenoxy) is 1. The minimum atomic E-state index is -0.111. The van der Waals surface area contributed by atoms with Crippen molar-refractivity contribution in [2.75, 3.05) is 6.61 Å². The van der Waals surface area contributed by atoms with Crippen LogP contribution in [0, 0.1) is 6.92 Å². The molecule has 0 atom stereocenters. The molecule has 5 heteroatoms. The first-order valence-corrected chi connectivity index (χ1v) is 8.21. The van der Waals surface area contributed by atoms with E-state index in [1.165, 1.54) is 19.3 Å². The number of hydrogen-bond donors (Lipinski definition) is 2. The van der Waals surface area contributed by atoms with E-state index in [1.54, 1.807) is 6.07 Å². The lowest BCUT2D eigenvalue weighted by Crippen LogP contribution is -2.39. The van der Waals surface area contributed by atoms with Gasteiger partial charge in [-0.15, -0.1) is 0 Å². The van der Waals surface area contributed by atoms with Crippen LogP contribution >= 0.6 is 15.9 Å². The topological polar surface area (TPSA) is 58.6 Å². The van der Waals surface area contributed by atoms with Crippen molar-refractivity contribution in [2.45, 2.75) is 51.7 Å². The van der Waals surface area contributed by atoms with Crippen LogP contribution in [-0.2, 0) is 11.4 Å². The van der Waals surface area contributed by atoms with Crippen molar-refractivity contribution in [1.82, 2.24) is 5.32 Å². The molecule has 0 unspecified atom stereocenters. The van der Waals surface area contributed by atoms with E-state index in [0.29, 0.717) is 11.3 Å². The summed E-state index contributed by atoms with van der Waals surface area (Å²) < 4.78 is 6.52. The molecule has 2 rings (SSSR count). The third-order valence-corrected chi connectivity index (χ3v) is 4.26. The molecule has 0 spiro atoms. The third kappa shape index (κ3) is 4.71. The van der Waals surface area contributed by atoms with E-state index in [1.807, 2.05) is 13.0 Å². The Bertz CT molecular complexity index is 499. The molecule has 1 saturated carbocycles. The van der Waals surface area contributed by atoms with Crippen LogP contribution in [-0.4, -0.2) is 23.7 Å². The number of carbonyl (C=O) groups excluding carboxylic acids is 1. The van der Waals surface area contributed by atoms with Gasteiger partial charge in [0, 0.05) is 16.1 Å². The Kier molecular flexibility index (Phi) is 6.06. The summed E-state index contributed by atoms with van der Waals surface area (Å²) in [7, 11) is 0. The molecule has 21 heavy (non-hydrogen) atoms. The van der Waals surface area contributed by atoms with Crippen LogP contribution in [0.1, 0.15) is 43.2 Å². The Morgan fingerprint density at radius 1 is 1.38 bits per heavy atom. The first-order chi connectivity index (χ1) is 10.1. The summed E-state index contributed by atoms with van der Waals surface area (Å²) in [6.07, 6.45) is 5.76. The van der Waals surface area contributed by atoms with Gasteiger partial charge in [-0.25, -0.2) is 0 Å². The van der Waals surface area contributed by atoms with Gasteiger partial charge in [-0.1, -0.05) is 35.2 Å². The third-order valence-electron chi connectivity index (χ3n) is 3.80. The van der Waals surface area contributed by atoms with Crippen LogP contribution in [0.2, 0.25) is 0 Å². The number of aliphatic hydroxyl groups excluding tert-OH is 1. The number of amides is 1. The Morgan fingerprint density at radius 3 is 2.76 bits per heavy atom. The number of halogens is 1. The normalized spacial score (nSPS) is 15.8. The average molecular weight is 356 g/mol. The highest BCUT2D eigenvalue weighted by molar-refractivity contribution is 9.10. The molecule has 2 N–H and O–H groups in total. The maximum Gasteiger partial charge on any atom is 0.258 e. The van der Waals surface area contributed by atoms with Gasteiger partial charge in [-0.05, 0) is 37.5 Å². The summed E-state index contributed by atoms with van der Waals surface area (Å²) in [4.78, 5) is 12.0. The standard InChI is InChI=1S/C16H22BrNO3/c1-11-7-13(17)8-12(9-19)16(11)21-10-15(20)18-14-5-3-2-4-6-14/h7-8,14,19H,2-6,9-10H2,1H3,(H,18,20). The summed E-state index contributed by atoms with van der Waals surface area (Å²) in [5.41, 5.74) is 1.59. The molecule has 0 bridgehead atoms. The first-order valence-electron chi connectivity index (χ1n) is 7.42. The number of carbonyl (C=O) groups is 1. The van der Waals surface area contributed by atoms with Crippen LogP contribution < -0.4 is 10.1 Å². The molecule has 0 aromatic heterocycles. The fourth-order valence-corrected chi connectivity index (χ4v) is 3.40. The highest BCUT2D eigenvalue weighted by Gasteiger charge is 2.16. The van der Waals surface area contributed by atoms with Crippen molar-refractivity contribution in [3.8, 4) is 5.75 Å². The van der Waals surface area contributed by atoms with E-state index >= 15 is 0 Å². The molecule has 1 amide bonds. The lowest BCUT2D eigenvalue weighted by Gasteiger charge is -2.23. The highest BCUT2D eigenvalue weighted by Crippen LogP contribution is 2.28. The van der Waals surface area contributed by atoms with Gasteiger partial charge >= 0.3 is 0 Å². The van der Waals surface area contributed by atoms with E-state index in [4.69, 9.17) is 4.74 Å². The molecule has 0 heterocycles. The molecule has 1 fully saturated rings. The minimum absolute atomic E-state index is 0.00796. The minimum Gasteiger partial charge on any atom is -0.483 e. The first kappa shape index (κ1) is 16.3. The Labute approximate surface area is 134 Å². The zero-order valence-electron chi connectivity index (χ0n) is 12.3. The zero-order valence-corrected chi connectivity index (χ0v) is 13.9.